The average Bonchev–Trinajstić information content (AvgIpc) is 3.02. The van der Waals surface area contributed by atoms with Crippen LogP contribution in [-0.4, -0.2) is 121 Å². The van der Waals surface area contributed by atoms with Gasteiger partial charge in [-0.25, -0.2) is 23.6 Å². The molecule has 4 atom stereocenters. The quantitative estimate of drug-likeness (QED) is 0.189. The Hall–Kier alpha value is -3.94. The zero-order chi connectivity index (χ0) is 38.0. The largest absolute Gasteiger partial charge is 0.479 e. The Morgan fingerprint density at radius 2 is 1.46 bits per heavy atom. The number of anilines is 1. The predicted molar refractivity (Wildman–Crippen MR) is 184 cm³/mol. The maximum atomic E-state index is 15.0. The fourth-order valence-electron chi connectivity index (χ4n) is 5.29. The second-order valence-corrected chi connectivity index (χ2v) is 14.8. The van der Waals surface area contributed by atoms with Gasteiger partial charge in [-0.2, -0.15) is 0 Å². The van der Waals surface area contributed by atoms with Crippen LogP contribution in [0.4, 0.5) is 14.9 Å². The fraction of sp³-hybridized carbons (Fsp3) is 0.694. The summed E-state index contributed by atoms with van der Waals surface area (Å²) in [5.41, 5.74) is -0.949. The highest BCUT2D eigenvalue weighted by atomic mass is 19.1. The molecule has 0 saturated carbocycles. The predicted octanol–water partition coefficient (Wildman–Crippen LogP) is 4.63. The minimum absolute atomic E-state index is 0.0112. The summed E-state index contributed by atoms with van der Waals surface area (Å²) in [6.45, 7) is 15.1. The number of carbonyl (C=O) groups excluding carboxylic acids is 4. The molecule has 0 aromatic heterocycles. The van der Waals surface area contributed by atoms with E-state index >= 15 is 4.39 Å². The van der Waals surface area contributed by atoms with Gasteiger partial charge in [0.05, 0.1) is 13.2 Å². The summed E-state index contributed by atoms with van der Waals surface area (Å²) >= 11 is 0. The molecule has 282 valence electrons. The number of halogens is 1. The molecular weight excluding hydrogens is 653 g/mol. The van der Waals surface area contributed by atoms with Crippen LogP contribution in [-0.2, 0) is 44.5 Å². The minimum atomic E-state index is -1.91. The summed E-state index contributed by atoms with van der Waals surface area (Å²) in [6.07, 6.45) is -3.82. The highest BCUT2D eigenvalue weighted by molar-refractivity contribution is 5.90. The molecule has 13 nitrogen and oxygen atoms in total. The molecule has 1 heterocycles. The Morgan fingerprint density at radius 3 is 1.96 bits per heavy atom. The van der Waals surface area contributed by atoms with Crippen LogP contribution < -0.4 is 4.90 Å². The van der Waals surface area contributed by atoms with Crippen LogP contribution in [0.3, 0.4) is 0 Å². The number of alkyl halides is 1. The third kappa shape index (κ3) is 13.8. The van der Waals surface area contributed by atoms with Crippen molar-refractivity contribution in [1.29, 1.82) is 0 Å². The van der Waals surface area contributed by atoms with Gasteiger partial charge in [-0.05, 0) is 84.4 Å². The number of morpholine rings is 1. The number of carbonyl (C=O) groups is 5. The van der Waals surface area contributed by atoms with Crippen molar-refractivity contribution in [3.63, 3.8) is 0 Å². The van der Waals surface area contributed by atoms with Crippen LogP contribution in [0.2, 0.25) is 0 Å². The van der Waals surface area contributed by atoms with Crippen molar-refractivity contribution >= 4 is 35.6 Å². The van der Waals surface area contributed by atoms with Crippen molar-refractivity contribution in [3.8, 4) is 0 Å². The van der Waals surface area contributed by atoms with Gasteiger partial charge in [0.15, 0.2) is 12.2 Å². The van der Waals surface area contributed by atoms with Gasteiger partial charge in [0.1, 0.15) is 23.4 Å². The van der Waals surface area contributed by atoms with E-state index in [0.717, 1.165) is 34.1 Å². The number of benzene rings is 1. The summed E-state index contributed by atoms with van der Waals surface area (Å²) in [5, 5.41) is 9.29. The molecule has 2 rings (SSSR count). The van der Waals surface area contributed by atoms with Gasteiger partial charge < -0.3 is 33.9 Å². The van der Waals surface area contributed by atoms with Gasteiger partial charge in [-0.15, -0.1) is 0 Å². The van der Waals surface area contributed by atoms with Crippen LogP contribution in [0.5, 0.6) is 0 Å². The van der Waals surface area contributed by atoms with Gasteiger partial charge in [0, 0.05) is 39.3 Å². The van der Waals surface area contributed by atoms with Crippen LogP contribution >= 0.6 is 0 Å². The van der Waals surface area contributed by atoms with Crippen LogP contribution in [0.25, 0.3) is 0 Å². The number of carboxylic acids is 1. The molecule has 0 bridgehead atoms. The van der Waals surface area contributed by atoms with Crippen molar-refractivity contribution in [1.82, 2.24) is 9.80 Å². The van der Waals surface area contributed by atoms with E-state index in [1.165, 1.54) is 34.9 Å². The maximum absolute atomic E-state index is 15.0. The second-order valence-electron chi connectivity index (χ2n) is 14.8. The SMILES string of the molecule is CC(C)C[C@@H](C(=O)O[C@H](C)C(=O)O)N(C)C(=O)[C@@H](CCc1ccc(N2CCOCC2)cc1)OC(=O)[C@H](CC(C)(C)F)N(C)C(=O)OC(C)(C)C. The molecule has 1 saturated heterocycles. The lowest BCUT2D eigenvalue weighted by Crippen LogP contribution is -2.52. The summed E-state index contributed by atoms with van der Waals surface area (Å²) in [7, 11) is 2.65. The Kier molecular flexibility index (Phi) is 15.5. The van der Waals surface area contributed by atoms with E-state index in [2.05, 4.69) is 4.90 Å². The Bertz CT molecular complexity index is 1300. The lowest BCUT2D eigenvalue weighted by Gasteiger charge is -2.34. The first-order chi connectivity index (χ1) is 23.1. The van der Waals surface area contributed by atoms with E-state index in [9.17, 15) is 29.1 Å². The standard InChI is InChI=1S/C36H56FN3O10/c1-23(2)21-27(32(44)48-24(3)31(42)43)38(9)30(41)29(16-13-25-11-14-26(15-12-25)40-17-19-47-20-18-40)49-33(45)28(22-36(7,8)37)39(10)34(46)50-35(4,5)6/h11-12,14-15,23-24,27-29H,13,16-22H2,1-10H3,(H,42,43)/t24-,27+,28+,29-/m1/s1. The Labute approximate surface area is 295 Å². The Morgan fingerprint density at radius 1 is 0.900 bits per heavy atom. The first-order valence-electron chi connectivity index (χ1n) is 17.1. The third-order valence-corrected chi connectivity index (χ3v) is 8.06. The molecule has 1 aromatic rings. The molecule has 50 heavy (non-hydrogen) atoms. The van der Waals surface area contributed by atoms with Crippen LogP contribution in [0.15, 0.2) is 24.3 Å². The van der Waals surface area contributed by atoms with Crippen molar-refractivity contribution in [3.05, 3.63) is 29.8 Å². The number of amides is 2. The van der Waals surface area contributed by atoms with E-state index in [1.54, 1.807) is 20.8 Å². The number of rotatable bonds is 16. The van der Waals surface area contributed by atoms with E-state index in [1.807, 2.05) is 38.1 Å². The summed E-state index contributed by atoms with van der Waals surface area (Å²) in [6, 6.07) is 5.10. The monoisotopic (exact) mass is 709 g/mol. The average molecular weight is 710 g/mol. The van der Waals surface area contributed by atoms with E-state index in [4.69, 9.17) is 18.9 Å². The minimum Gasteiger partial charge on any atom is -0.479 e. The summed E-state index contributed by atoms with van der Waals surface area (Å²) in [4.78, 5) is 69.7. The summed E-state index contributed by atoms with van der Waals surface area (Å²) in [5.74, 6) is -4.14. The second kappa shape index (κ2) is 18.3. The number of carboxylic acid groups (broad SMARTS) is 1. The first-order valence-corrected chi connectivity index (χ1v) is 17.1. The Balaban J connectivity index is 2.43. The van der Waals surface area contributed by atoms with E-state index < -0.39 is 71.9 Å². The van der Waals surface area contributed by atoms with Gasteiger partial charge in [-0.1, -0.05) is 26.0 Å². The number of aryl methyl sites for hydroxylation is 1. The van der Waals surface area contributed by atoms with Crippen molar-refractivity contribution in [2.75, 3.05) is 45.3 Å². The number of likely N-dealkylation sites (N-methyl/N-ethyl adjacent to an activating group) is 2. The molecule has 1 aromatic carbocycles. The highest BCUT2D eigenvalue weighted by Crippen LogP contribution is 2.25. The number of hydrogen-bond donors (Lipinski definition) is 1. The zero-order valence-corrected chi connectivity index (χ0v) is 31.2. The number of aliphatic carboxylic acids is 1. The van der Waals surface area contributed by atoms with Gasteiger partial charge in [0.25, 0.3) is 5.91 Å². The molecule has 2 amide bonds. The van der Waals surface area contributed by atoms with E-state index in [0.29, 0.717) is 13.2 Å². The molecule has 14 heteroatoms. The lowest BCUT2D eigenvalue weighted by atomic mass is 9.99. The van der Waals surface area contributed by atoms with Gasteiger partial charge >= 0.3 is 24.0 Å². The number of nitrogens with zero attached hydrogens (tertiary/aromatic N) is 3. The van der Waals surface area contributed by atoms with Gasteiger partial charge in [-0.3, -0.25) is 9.69 Å². The molecule has 0 radical (unpaired) electrons. The third-order valence-electron chi connectivity index (χ3n) is 8.06. The maximum Gasteiger partial charge on any atom is 0.410 e. The fourth-order valence-corrected chi connectivity index (χ4v) is 5.29. The molecule has 0 spiro atoms. The smallest absolute Gasteiger partial charge is 0.410 e. The van der Waals surface area contributed by atoms with E-state index in [-0.39, 0.29) is 25.2 Å². The van der Waals surface area contributed by atoms with Crippen molar-refractivity contribution in [2.45, 2.75) is 117 Å². The molecule has 1 N–H and O–H groups in total. The normalized spacial score (nSPS) is 16.1. The van der Waals surface area contributed by atoms with Crippen LogP contribution in [0.1, 0.15) is 80.2 Å². The molecule has 1 aliphatic heterocycles. The molecule has 0 aliphatic carbocycles. The van der Waals surface area contributed by atoms with Gasteiger partial charge in [0.2, 0.25) is 0 Å². The topological polar surface area (TPSA) is 152 Å². The molecule has 1 fully saturated rings. The van der Waals surface area contributed by atoms with Crippen molar-refractivity contribution in [2.24, 2.45) is 5.92 Å². The highest BCUT2D eigenvalue weighted by Gasteiger charge is 2.40. The zero-order valence-electron chi connectivity index (χ0n) is 31.2. The molecular formula is C36H56FN3O10. The number of esters is 2. The first kappa shape index (κ1) is 42.2. The lowest BCUT2D eigenvalue weighted by molar-refractivity contribution is -0.172. The molecule has 1 aliphatic rings. The number of hydrogen-bond acceptors (Lipinski definition) is 10. The van der Waals surface area contributed by atoms with Crippen LogP contribution in [0, 0.1) is 5.92 Å². The van der Waals surface area contributed by atoms with Crippen molar-refractivity contribution < 1.29 is 52.4 Å². The molecule has 0 unspecified atom stereocenters. The summed E-state index contributed by atoms with van der Waals surface area (Å²) < 4.78 is 36.8. The number of ether oxygens (including phenoxy) is 4.